The van der Waals surface area contributed by atoms with Crippen LogP contribution >= 0.6 is 0 Å². The quantitative estimate of drug-likeness (QED) is 0.769. The van der Waals surface area contributed by atoms with E-state index in [9.17, 15) is 0 Å². The van der Waals surface area contributed by atoms with Crippen molar-refractivity contribution in [2.24, 2.45) is 0 Å². The second-order valence-electron chi connectivity index (χ2n) is 3.98. The average Bonchev–Trinajstić information content (AvgIpc) is 2.71. The lowest BCUT2D eigenvalue weighted by atomic mass is 10.2. The van der Waals surface area contributed by atoms with E-state index in [-0.39, 0.29) is 6.61 Å². The standard InChI is InChI=1S/C12H17NO/c14-9-10-4-3-7-12(8-10)13-11-5-1-2-6-11/h3-4,7-8,11,13-14H,1-2,5-6,9H2. The Kier molecular flexibility index (Phi) is 3.04. The van der Waals surface area contributed by atoms with E-state index in [4.69, 9.17) is 5.11 Å². The average molecular weight is 191 g/mol. The maximum Gasteiger partial charge on any atom is 0.0682 e. The number of rotatable bonds is 3. The summed E-state index contributed by atoms with van der Waals surface area (Å²) in [6.45, 7) is 0.125. The number of aliphatic hydroxyl groups is 1. The van der Waals surface area contributed by atoms with Crippen LogP contribution in [0.5, 0.6) is 0 Å². The highest BCUT2D eigenvalue weighted by Crippen LogP contribution is 2.22. The third-order valence-corrected chi connectivity index (χ3v) is 2.84. The molecule has 1 aliphatic rings. The zero-order chi connectivity index (χ0) is 9.80. The Morgan fingerprint density at radius 1 is 1.29 bits per heavy atom. The first-order valence-corrected chi connectivity index (χ1v) is 5.35. The number of hydrogen-bond donors (Lipinski definition) is 2. The van der Waals surface area contributed by atoms with Crippen LogP contribution in [0.3, 0.4) is 0 Å². The lowest BCUT2D eigenvalue weighted by molar-refractivity contribution is 0.282. The topological polar surface area (TPSA) is 32.3 Å². The van der Waals surface area contributed by atoms with Crippen molar-refractivity contribution in [2.75, 3.05) is 5.32 Å². The highest BCUT2D eigenvalue weighted by atomic mass is 16.3. The molecule has 0 aliphatic heterocycles. The van der Waals surface area contributed by atoms with Gasteiger partial charge in [-0.05, 0) is 30.5 Å². The Hall–Kier alpha value is -1.02. The summed E-state index contributed by atoms with van der Waals surface area (Å²) in [5.41, 5.74) is 2.12. The molecule has 1 aliphatic carbocycles. The van der Waals surface area contributed by atoms with Gasteiger partial charge in [-0.2, -0.15) is 0 Å². The van der Waals surface area contributed by atoms with Gasteiger partial charge in [0, 0.05) is 11.7 Å². The molecule has 0 unspecified atom stereocenters. The molecule has 0 spiro atoms. The highest BCUT2D eigenvalue weighted by molar-refractivity contribution is 5.46. The molecule has 76 valence electrons. The zero-order valence-corrected chi connectivity index (χ0v) is 8.37. The van der Waals surface area contributed by atoms with Crippen molar-refractivity contribution >= 4 is 5.69 Å². The molecule has 0 bridgehead atoms. The van der Waals surface area contributed by atoms with E-state index in [1.165, 1.54) is 25.7 Å². The Bertz CT molecular complexity index is 292. The van der Waals surface area contributed by atoms with Crippen LogP contribution in [0.4, 0.5) is 5.69 Å². The van der Waals surface area contributed by atoms with E-state index in [0.717, 1.165) is 11.3 Å². The second kappa shape index (κ2) is 4.47. The summed E-state index contributed by atoms with van der Waals surface area (Å²) in [4.78, 5) is 0. The maximum atomic E-state index is 9.00. The van der Waals surface area contributed by atoms with Crippen molar-refractivity contribution in [3.63, 3.8) is 0 Å². The first-order valence-electron chi connectivity index (χ1n) is 5.35. The van der Waals surface area contributed by atoms with Crippen molar-refractivity contribution in [3.8, 4) is 0 Å². The minimum Gasteiger partial charge on any atom is -0.392 e. The Morgan fingerprint density at radius 3 is 2.79 bits per heavy atom. The molecule has 0 radical (unpaired) electrons. The molecule has 2 N–H and O–H groups in total. The molecular weight excluding hydrogens is 174 g/mol. The summed E-state index contributed by atoms with van der Waals surface area (Å²) in [6, 6.07) is 8.67. The molecule has 0 saturated heterocycles. The lowest BCUT2D eigenvalue weighted by Crippen LogP contribution is -2.14. The van der Waals surface area contributed by atoms with Crippen LogP contribution in [0.15, 0.2) is 24.3 Å². The summed E-state index contributed by atoms with van der Waals surface area (Å²) >= 11 is 0. The maximum absolute atomic E-state index is 9.00. The van der Waals surface area contributed by atoms with Gasteiger partial charge in [0.15, 0.2) is 0 Å². The van der Waals surface area contributed by atoms with Gasteiger partial charge in [-0.25, -0.2) is 0 Å². The van der Waals surface area contributed by atoms with Gasteiger partial charge in [0.1, 0.15) is 0 Å². The van der Waals surface area contributed by atoms with Crippen molar-refractivity contribution in [1.29, 1.82) is 0 Å². The molecule has 0 aromatic heterocycles. The molecule has 1 aromatic carbocycles. The largest absolute Gasteiger partial charge is 0.392 e. The fourth-order valence-corrected chi connectivity index (χ4v) is 2.07. The van der Waals surface area contributed by atoms with Gasteiger partial charge in [-0.15, -0.1) is 0 Å². The molecule has 0 heterocycles. The molecule has 2 rings (SSSR count). The predicted molar refractivity (Wildman–Crippen MR) is 58.2 cm³/mol. The molecular formula is C12H17NO. The van der Waals surface area contributed by atoms with Crippen molar-refractivity contribution in [1.82, 2.24) is 0 Å². The summed E-state index contributed by atoms with van der Waals surface area (Å²) in [7, 11) is 0. The van der Waals surface area contributed by atoms with Crippen LogP contribution in [-0.2, 0) is 6.61 Å². The van der Waals surface area contributed by atoms with Crippen LogP contribution in [0.2, 0.25) is 0 Å². The summed E-state index contributed by atoms with van der Waals surface area (Å²) in [5.74, 6) is 0. The van der Waals surface area contributed by atoms with E-state index < -0.39 is 0 Å². The second-order valence-corrected chi connectivity index (χ2v) is 3.98. The number of hydrogen-bond acceptors (Lipinski definition) is 2. The van der Waals surface area contributed by atoms with Crippen LogP contribution in [-0.4, -0.2) is 11.1 Å². The third kappa shape index (κ3) is 2.26. The fourth-order valence-electron chi connectivity index (χ4n) is 2.07. The Labute approximate surface area is 85.0 Å². The van der Waals surface area contributed by atoms with Crippen LogP contribution in [0.25, 0.3) is 0 Å². The number of nitrogens with one attached hydrogen (secondary N) is 1. The van der Waals surface area contributed by atoms with E-state index in [1.54, 1.807) is 0 Å². The normalized spacial score (nSPS) is 17.2. The minimum atomic E-state index is 0.125. The van der Waals surface area contributed by atoms with Gasteiger partial charge < -0.3 is 10.4 Å². The summed E-state index contributed by atoms with van der Waals surface area (Å²) < 4.78 is 0. The fraction of sp³-hybridized carbons (Fsp3) is 0.500. The minimum absolute atomic E-state index is 0.125. The molecule has 1 saturated carbocycles. The predicted octanol–water partition coefficient (Wildman–Crippen LogP) is 2.53. The van der Waals surface area contributed by atoms with Gasteiger partial charge in [0.05, 0.1) is 6.61 Å². The van der Waals surface area contributed by atoms with Crippen LogP contribution in [0.1, 0.15) is 31.2 Å². The first-order chi connectivity index (χ1) is 6.88. The van der Waals surface area contributed by atoms with E-state index in [2.05, 4.69) is 11.4 Å². The monoisotopic (exact) mass is 191 g/mol. The van der Waals surface area contributed by atoms with Gasteiger partial charge in [-0.3, -0.25) is 0 Å². The first kappa shape index (κ1) is 9.53. The molecule has 1 aromatic rings. The Balaban J connectivity index is 2.00. The number of benzene rings is 1. The summed E-state index contributed by atoms with van der Waals surface area (Å²) in [6.07, 6.45) is 5.25. The van der Waals surface area contributed by atoms with Crippen molar-refractivity contribution < 1.29 is 5.11 Å². The smallest absolute Gasteiger partial charge is 0.0682 e. The summed E-state index contributed by atoms with van der Waals surface area (Å²) in [5, 5.41) is 12.5. The van der Waals surface area contributed by atoms with Gasteiger partial charge in [-0.1, -0.05) is 25.0 Å². The molecule has 1 fully saturated rings. The van der Waals surface area contributed by atoms with Gasteiger partial charge in [0.2, 0.25) is 0 Å². The lowest BCUT2D eigenvalue weighted by Gasteiger charge is -2.13. The third-order valence-electron chi connectivity index (χ3n) is 2.84. The SMILES string of the molecule is OCc1cccc(NC2CCCC2)c1. The molecule has 14 heavy (non-hydrogen) atoms. The highest BCUT2D eigenvalue weighted by Gasteiger charge is 2.14. The number of aliphatic hydroxyl groups excluding tert-OH is 1. The molecule has 2 nitrogen and oxygen atoms in total. The van der Waals surface area contributed by atoms with E-state index >= 15 is 0 Å². The molecule has 0 amide bonds. The van der Waals surface area contributed by atoms with E-state index in [1.807, 2.05) is 18.2 Å². The van der Waals surface area contributed by atoms with Crippen molar-refractivity contribution in [3.05, 3.63) is 29.8 Å². The van der Waals surface area contributed by atoms with Crippen LogP contribution < -0.4 is 5.32 Å². The molecule has 2 heteroatoms. The zero-order valence-electron chi connectivity index (χ0n) is 8.37. The van der Waals surface area contributed by atoms with Gasteiger partial charge in [0.25, 0.3) is 0 Å². The van der Waals surface area contributed by atoms with Crippen molar-refractivity contribution in [2.45, 2.75) is 38.3 Å². The van der Waals surface area contributed by atoms with Gasteiger partial charge >= 0.3 is 0 Å². The molecule has 0 atom stereocenters. The van der Waals surface area contributed by atoms with Crippen LogP contribution in [0, 0.1) is 0 Å². The Morgan fingerprint density at radius 2 is 2.07 bits per heavy atom. The number of anilines is 1. The van der Waals surface area contributed by atoms with E-state index in [0.29, 0.717) is 6.04 Å².